The summed E-state index contributed by atoms with van der Waals surface area (Å²) in [6.07, 6.45) is 3.91. The Morgan fingerprint density at radius 3 is 2.54 bits per heavy atom. The van der Waals surface area contributed by atoms with E-state index in [1.807, 2.05) is 12.3 Å². The first kappa shape index (κ1) is 18.7. The van der Waals surface area contributed by atoms with E-state index in [4.69, 9.17) is 5.21 Å². The second kappa shape index (κ2) is 7.78. The second-order valence-electron chi connectivity index (χ2n) is 6.60. The van der Waals surface area contributed by atoms with Crippen LogP contribution in [0.4, 0.5) is 0 Å². The summed E-state index contributed by atoms with van der Waals surface area (Å²) in [5, 5.41) is 15.2. The molecule has 0 spiro atoms. The van der Waals surface area contributed by atoms with Crippen molar-refractivity contribution in [1.82, 2.24) is 20.8 Å². The maximum absolute atomic E-state index is 12.9. The van der Waals surface area contributed by atoms with Crippen molar-refractivity contribution in [2.45, 2.75) is 31.7 Å². The largest absolute Gasteiger partial charge is 0.344 e. The quantitative estimate of drug-likeness (QED) is 0.421. The summed E-state index contributed by atoms with van der Waals surface area (Å²) in [5.74, 6) is -0.362. The van der Waals surface area contributed by atoms with Crippen LogP contribution in [-0.2, 0) is 0 Å². The zero-order valence-electron chi connectivity index (χ0n) is 15.0. The van der Waals surface area contributed by atoms with Gasteiger partial charge in [-0.2, -0.15) is 0 Å². The maximum Gasteiger partial charge on any atom is 0.274 e. The predicted octanol–water partition coefficient (Wildman–Crippen LogP) is 3.75. The average molecular weight is 415 g/mol. The minimum absolute atomic E-state index is 0.203. The van der Waals surface area contributed by atoms with Gasteiger partial charge in [0, 0.05) is 22.0 Å². The molecule has 2 aromatic heterocycles. The van der Waals surface area contributed by atoms with E-state index in [2.05, 4.69) is 15.3 Å². The number of nitrogens with one attached hydrogen (secondary N) is 2. The molecule has 4 rings (SSSR count). The summed E-state index contributed by atoms with van der Waals surface area (Å²) in [7, 11) is 0. The van der Waals surface area contributed by atoms with Gasteiger partial charge in [-0.1, -0.05) is 12.1 Å². The minimum Gasteiger partial charge on any atom is -0.344 e. The molecule has 2 amide bonds. The van der Waals surface area contributed by atoms with E-state index in [1.165, 1.54) is 11.3 Å². The lowest BCUT2D eigenvalue weighted by Crippen LogP contribution is -2.27. The monoisotopic (exact) mass is 414 g/mol. The zero-order chi connectivity index (χ0) is 19.7. The highest BCUT2D eigenvalue weighted by molar-refractivity contribution is 7.20. The van der Waals surface area contributed by atoms with Crippen LogP contribution in [0.2, 0.25) is 0 Å². The van der Waals surface area contributed by atoms with Gasteiger partial charge in [-0.25, -0.2) is 15.4 Å². The van der Waals surface area contributed by atoms with E-state index in [9.17, 15) is 9.59 Å². The molecular formula is C19H18N4O3S2. The van der Waals surface area contributed by atoms with Crippen molar-refractivity contribution in [3.05, 3.63) is 57.5 Å². The molecule has 1 aromatic carbocycles. The molecule has 1 saturated carbocycles. The zero-order valence-corrected chi connectivity index (χ0v) is 16.6. The van der Waals surface area contributed by atoms with Crippen LogP contribution in [0.3, 0.4) is 0 Å². The molecule has 0 aliphatic heterocycles. The first-order chi connectivity index (χ1) is 13.6. The first-order valence-electron chi connectivity index (χ1n) is 8.82. The molecule has 0 radical (unpaired) electrons. The number of hydroxylamine groups is 1. The van der Waals surface area contributed by atoms with E-state index in [1.54, 1.807) is 47.3 Å². The Hall–Kier alpha value is -2.62. The highest BCUT2D eigenvalue weighted by atomic mass is 32.1. The fourth-order valence-electron chi connectivity index (χ4n) is 2.87. The fraction of sp³-hybridized carbons (Fsp3) is 0.263. The standard InChI is InChI=1S/C19H18N4O3S2/c1-10(11-2-6-13(7-3-11)16(24)23-26)21-17(25)14-15(12-4-5-12)28-19(22-14)18-20-8-9-27-18/h2-3,6-10,12,26H,4-5H2,1H3,(H,21,25)(H,23,24). The molecule has 0 saturated heterocycles. The summed E-state index contributed by atoms with van der Waals surface area (Å²) < 4.78 is 0. The molecular weight excluding hydrogens is 396 g/mol. The van der Waals surface area contributed by atoms with Crippen LogP contribution in [0.1, 0.15) is 63.0 Å². The Morgan fingerprint density at radius 1 is 1.18 bits per heavy atom. The van der Waals surface area contributed by atoms with Crippen molar-refractivity contribution in [2.75, 3.05) is 0 Å². The van der Waals surface area contributed by atoms with Crippen LogP contribution in [-0.4, -0.2) is 27.0 Å². The number of carbonyl (C=O) groups is 2. The Labute approximate surface area is 169 Å². The number of aromatic nitrogens is 2. The number of carbonyl (C=O) groups excluding carboxylic acids is 2. The third kappa shape index (κ3) is 3.82. The number of benzene rings is 1. The number of thiazole rings is 2. The summed E-state index contributed by atoms with van der Waals surface area (Å²) in [4.78, 5) is 34.2. The minimum atomic E-state index is -0.575. The van der Waals surface area contributed by atoms with Crippen LogP contribution in [0.15, 0.2) is 35.8 Å². The third-order valence-electron chi connectivity index (χ3n) is 4.55. The van der Waals surface area contributed by atoms with Gasteiger partial charge in [0.2, 0.25) is 0 Å². The van der Waals surface area contributed by atoms with Gasteiger partial charge < -0.3 is 5.32 Å². The molecule has 1 aliphatic rings. The lowest BCUT2D eigenvalue weighted by Gasteiger charge is -2.14. The number of amides is 2. The molecule has 1 aliphatic carbocycles. The predicted molar refractivity (Wildman–Crippen MR) is 107 cm³/mol. The SMILES string of the molecule is CC(NC(=O)c1nc(-c2nccs2)sc1C1CC1)c1ccc(C(=O)NO)cc1. The van der Waals surface area contributed by atoms with Gasteiger partial charge in [0.05, 0.1) is 6.04 Å². The summed E-state index contributed by atoms with van der Waals surface area (Å²) in [6.45, 7) is 1.88. The van der Waals surface area contributed by atoms with E-state index in [0.29, 0.717) is 17.2 Å². The van der Waals surface area contributed by atoms with E-state index < -0.39 is 5.91 Å². The van der Waals surface area contributed by atoms with Crippen molar-refractivity contribution >= 4 is 34.5 Å². The number of hydrogen-bond acceptors (Lipinski definition) is 7. The van der Waals surface area contributed by atoms with E-state index in [-0.39, 0.29) is 11.9 Å². The number of hydrogen-bond donors (Lipinski definition) is 3. The Kier molecular flexibility index (Phi) is 5.21. The molecule has 9 heteroatoms. The number of nitrogens with zero attached hydrogens (tertiary/aromatic N) is 2. The number of rotatable bonds is 6. The van der Waals surface area contributed by atoms with E-state index in [0.717, 1.165) is 33.3 Å². The molecule has 1 atom stereocenters. The molecule has 144 valence electrons. The van der Waals surface area contributed by atoms with Gasteiger partial charge in [0.1, 0.15) is 5.69 Å². The van der Waals surface area contributed by atoms with Crippen molar-refractivity contribution in [3.8, 4) is 10.0 Å². The van der Waals surface area contributed by atoms with Gasteiger partial charge in [0.25, 0.3) is 11.8 Å². The van der Waals surface area contributed by atoms with E-state index >= 15 is 0 Å². The van der Waals surface area contributed by atoms with Gasteiger partial charge >= 0.3 is 0 Å². The Balaban J connectivity index is 1.52. The van der Waals surface area contributed by atoms with Crippen LogP contribution in [0.25, 0.3) is 10.0 Å². The molecule has 28 heavy (non-hydrogen) atoms. The Morgan fingerprint density at radius 2 is 1.93 bits per heavy atom. The highest BCUT2D eigenvalue weighted by Gasteiger charge is 2.32. The molecule has 7 nitrogen and oxygen atoms in total. The average Bonchev–Trinajstić information content (AvgIpc) is 3.23. The summed E-state index contributed by atoms with van der Waals surface area (Å²) in [6, 6.07) is 6.44. The molecule has 1 unspecified atom stereocenters. The first-order valence-corrected chi connectivity index (χ1v) is 10.5. The maximum atomic E-state index is 12.9. The smallest absolute Gasteiger partial charge is 0.274 e. The Bertz CT molecular complexity index is 995. The van der Waals surface area contributed by atoms with Gasteiger partial charge in [0.15, 0.2) is 10.0 Å². The summed E-state index contributed by atoms with van der Waals surface area (Å²) >= 11 is 3.07. The van der Waals surface area contributed by atoms with Crippen molar-refractivity contribution in [3.63, 3.8) is 0 Å². The van der Waals surface area contributed by atoms with Crippen LogP contribution in [0.5, 0.6) is 0 Å². The highest BCUT2D eigenvalue weighted by Crippen LogP contribution is 2.46. The molecule has 1 fully saturated rings. The normalized spacial score (nSPS) is 14.5. The third-order valence-corrected chi connectivity index (χ3v) is 6.69. The van der Waals surface area contributed by atoms with Gasteiger partial charge in [-0.15, -0.1) is 22.7 Å². The summed E-state index contributed by atoms with van der Waals surface area (Å²) in [5.41, 5.74) is 3.28. The molecule has 0 bridgehead atoms. The van der Waals surface area contributed by atoms with Crippen LogP contribution >= 0.6 is 22.7 Å². The molecule has 2 heterocycles. The topological polar surface area (TPSA) is 104 Å². The lowest BCUT2D eigenvalue weighted by atomic mass is 10.1. The van der Waals surface area contributed by atoms with Gasteiger partial charge in [-0.3, -0.25) is 14.8 Å². The van der Waals surface area contributed by atoms with Crippen molar-refractivity contribution in [1.29, 1.82) is 0 Å². The fourth-order valence-corrected chi connectivity index (χ4v) is 4.78. The van der Waals surface area contributed by atoms with Crippen molar-refractivity contribution < 1.29 is 14.8 Å². The molecule has 3 aromatic rings. The van der Waals surface area contributed by atoms with Gasteiger partial charge in [-0.05, 0) is 43.4 Å². The molecule has 3 N–H and O–H groups in total. The van der Waals surface area contributed by atoms with Crippen LogP contribution in [0, 0.1) is 0 Å². The second-order valence-corrected chi connectivity index (χ2v) is 8.53. The lowest BCUT2D eigenvalue weighted by molar-refractivity contribution is 0.0706. The van der Waals surface area contributed by atoms with Crippen LogP contribution < -0.4 is 10.8 Å². The van der Waals surface area contributed by atoms with Crippen molar-refractivity contribution in [2.24, 2.45) is 0 Å².